The van der Waals surface area contributed by atoms with Crippen LogP contribution in [0.2, 0.25) is 0 Å². The van der Waals surface area contributed by atoms with Crippen LogP contribution in [0.3, 0.4) is 0 Å². The molecule has 172 valence electrons. The van der Waals surface area contributed by atoms with Crippen molar-refractivity contribution in [2.75, 3.05) is 12.9 Å². The number of ether oxygens (including phenoxy) is 2. The van der Waals surface area contributed by atoms with Crippen LogP contribution in [0.1, 0.15) is 11.1 Å². The molecule has 33 heavy (non-hydrogen) atoms. The van der Waals surface area contributed by atoms with E-state index < -0.39 is 45.8 Å². The average Bonchev–Trinajstić information content (AvgIpc) is 2.81. The first-order valence-electron chi connectivity index (χ1n) is 10.1. The molecule has 3 atom stereocenters. The fourth-order valence-electron chi connectivity index (χ4n) is 3.69. The molecule has 2 N–H and O–H groups in total. The van der Waals surface area contributed by atoms with Gasteiger partial charge in [0.15, 0.2) is 5.70 Å². The lowest BCUT2D eigenvalue weighted by Crippen LogP contribution is -2.73. The number of aliphatic hydroxyl groups excluding tert-OH is 1. The molecule has 0 spiro atoms. The summed E-state index contributed by atoms with van der Waals surface area (Å²) in [6.07, 6.45) is 0.0574. The average molecular weight is 471 g/mol. The van der Waals surface area contributed by atoms with Crippen LogP contribution < -0.4 is 10.1 Å². The zero-order valence-electron chi connectivity index (χ0n) is 17.7. The Morgan fingerprint density at radius 3 is 2.48 bits per heavy atom. The maximum Gasteiger partial charge on any atom is 0.358 e. The molecule has 1 saturated heterocycles. The maximum atomic E-state index is 12.7. The third-order valence-electron chi connectivity index (χ3n) is 5.35. The Kier molecular flexibility index (Phi) is 6.45. The topological polar surface area (TPSA) is 122 Å². The number of rotatable bonds is 7. The first-order chi connectivity index (χ1) is 15.9. The van der Waals surface area contributed by atoms with Gasteiger partial charge in [-0.2, -0.15) is 0 Å². The number of esters is 1. The second-order valence-electron chi connectivity index (χ2n) is 7.55. The number of hydrogen-bond donors (Lipinski definition) is 2. The first kappa shape index (κ1) is 22.5. The molecule has 2 aliphatic heterocycles. The number of aliphatic hydroxyl groups is 1. The predicted octanol–water partition coefficient (Wildman–Crippen LogP) is 1.17. The second-order valence-corrected chi connectivity index (χ2v) is 9.08. The lowest BCUT2D eigenvalue weighted by molar-refractivity contribution is -0.154. The van der Waals surface area contributed by atoms with Gasteiger partial charge in [0.05, 0.1) is 30.1 Å². The van der Waals surface area contributed by atoms with Crippen LogP contribution in [-0.4, -0.2) is 56.3 Å². The Hall–Kier alpha value is -3.66. The van der Waals surface area contributed by atoms with Gasteiger partial charge in [0.2, 0.25) is 5.91 Å². The van der Waals surface area contributed by atoms with E-state index in [2.05, 4.69) is 5.32 Å². The van der Waals surface area contributed by atoms with E-state index in [1.165, 1.54) is 7.11 Å². The van der Waals surface area contributed by atoms with Crippen molar-refractivity contribution in [3.8, 4) is 5.75 Å². The summed E-state index contributed by atoms with van der Waals surface area (Å²) >= 11 is 0. The number of nitrogens with one attached hydrogen (secondary N) is 1. The largest absolute Gasteiger partial charge is 0.509 e. The molecule has 2 aromatic rings. The minimum absolute atomic E-state index is 0.0574. The standard InChI is InChI=1S/C23H22N2O7S/c1-31-16-9-7-15(8-10-16)12-32-23(29)20-17(26)13-33(30)22-19(21(28)25(20)22)24-18(27)11-14-5-3-2-4-6-14/h2-10,19,22,26H,11-13H2,1H3,(H,24,27)/t19-,22-,33+/m1/s1. The van der Waals surface area contributed by atoms with Gasteiger partial charge in [-0.15, -0.1) is 0 Å². The highest BCUT2D eigenvalue weighted by Crippen LogP contribution is 2.34. The van der Waals surface area contributed by atoms with Crippen LogP contribution >= 0.6 is 0 Å². The highest BCUT2D eigenvalue weighted by atomic mass is 32.2. The quantitative estimate of drug-likeness (QED) is 0.460. The zero-order chi connectivity index (χ0) is 23.5. The normalized spacial score (nSPS) is 21.7. The number of fused-ring (bicyclic) bond motifs is 1. The number of carbonyl (C=O) groups excluding carboxylic acids is 3. The predicted molar refractivity (Wildman–Crippen MR) is 118 cm³/mol. The molecule has 10 heteroatoms. The number of β-lactam (4-membered cyclic amide) rings is 1. The number of hydrogen-bond acceptors (Lipinski definition) is 7. The van der Waals surface area contributed by atoms with Crippen molar-refractivity contribution in [1.82, 2.24) is 10.2 Å². The van der Waals surface area contributed by atoms with Crippen molar-refractivity contribution >= 4 is 28.6 Å². The molecule has 2 aliphatic rings. The van der Waals surface area contributed by atoms with Crippen LogP contribution in [0.25, 0.3) is 0 Å². The summed E-state index contributed by atoms with van der Waals surface area (Å²) in [7, 11) is -0.155. The summed E-state index contributed by atoms with van der Waals surface area (Å²) in [4.78, 5) is 38.8. The Labute approximate surface area is 192 Å². The Morgan fingerprint density at radius 1 is 1.12 bits per heavy atom. The van der Waals surface area contributed by atoms with Gasteiger partial charge in [0.25, 0.3) is 5.91 Å². The van der Waals surface area contributed by atoms with Crippen LogP contribution in [0.4, 0.5) is 0 Å². The number of amides is 2. The minimum atomic E-state index is -1.69. The van der Waals surface area contributed by atoms with Crippen molar-refractivity contribution in [2.45, 2.75) is 24.4 Å². The van der Waals surface area contributed by atoms with Gasteiger partial charge >= 0.3 is 5.97 Å². The molecule has 0 unspecified atom stereocenters. The molecule has 0 radical (unpaired) electrons. The van der Waals surface area contributed by atoms with Crippen molar-refractivity contribution < 1.29 is 33.2 Å². The number of nitrogens with zero attached hydrogens (tertiary/aromatic N) is 1. The molecule has 0 saturated carbocycles. The number of methoxy groups -OCH3 is 1. The van der Waals surface area contributed by atoms with Crippen molar-refractivity contribution in [3.63, 3.8) is 0 Å². The molecule has 1 fully saturated rings. The summed E-state index contributed by atoms with van der Waals surface area (Å²) < 4.78 is 22.9. The van der Waals surface area contributed by atoms with Gasteiger partial charge in [0, 0.05) is 0 Å². The van der Waals surface area contributed by atoms with Crippen LogP contribution in [0.15, 0.2) is 66.1 Å². The molecule has 9 nitrogen and oxygen atoms in total. The third-order valence-corrected chi connectivity index (χ3v) is 6.93. The molecule has 0 aliphatic carbocycles. The SMILES string of the molecule is COc1ccc(COC(=O)C2=C(O)C[S@](=O)[C@@H]3[C@H](NC(=O)Cc4ccccc4)C(=O)N23)cc1. The van der Waals surface area contributed by atoms with Gasteiger partial charge in [-0.25, -0.2) is 4.79 Å². The molecule has 2 amide bonds. The molecule has 0 bridgehead atoms. The van der Waals surface area contributed by atoms with E-state index in [1.807, 2.05) is 6.07 Å². The van der Waals surface area contributed by atoms with E-state index >= 15 is 0 Å². The van der Waals surface area contributed by atoms with E-state index in [4.69, 9.17) is 9.47 Å². The summed E-state index contributed by atoms with van der Waals surface area (Å²) in [6, 6.07) is 14.8. The summed E-state index contributed by atoms with van der Waals surface area (Å²) in [5, 5.41) is 11.9. The fourth-order valence-corrected chi connectivity index (χ4v) is 5.20. The lowest BCUT2D eigenvalue weighted by Gasteiger charge is -2.48. The first-order valence-corrected chi connectivity index (χ1v) is 11.5. The van der Waals surface area contributed by atoms with Crippen LogP contribution in [-0.2, 0) is 42.9 Å². The van der Waals surface area contributed by atoms with E-state index in [9.17, 15) is 23.7 Å². The van der Waals surface area contributed by atoms with Crippen molar-refractivity contribution in [3.05, 3.63) is 77.2 Å². The number of carbonyl (C=O) groups is 3. The fraction of sp³-hybridized carbons (Fsp3) is 0.261. The van der Waals surface area contributed by atoms with Gasteiger partial charge < -0.3 is 19.9 Å². The molecular weight excluding hydrogens is 448 g/mol. The van der Waals surface area contributed by atoms with E-state index in [1.54, 1.807) is 48.5 Å². The number of benzene rings is 2. The lowest BCUT2D eigenvalue weighted by atomic mass is 10.0. The van der Waals surface area contributed by atoms with E-state index in [-0.39, 0.29) is 24.5 Å². The Balaban J connectivity index is 1.42. The third kappa shape index (κ3) is 4.61. The van der Waals surface area contributed by atoms with Crippen molar-refractivity contribution in [1.29, 1.82) is 0 Å². The van der Waals surface area contributed by atoms with Crippen LogP contribution in [0.5, 0.6) is 5.75 Å². The summed E-state index contributed by atoms with van der Waals surface area (Å²) in [6.45, 7) is -0.0906. The molecule has 0 aromatic heterocycles. The molecular formula is C23H22N2O7S. The van der Waals surface area contributed by atoms with Crippen molar-refractivity contribution in [2.24, 2.45) is 0 Å². The molecule has 2 heterocycles. The van der Waals surface area contributed by atoms with Gasteiger partial charge in [-0.3, -0.25) is 18.7 Å². The van der Waals surface area contributed by atoms with Gasteiger partial charge in [0.1, 0.15) is 29.5 Å². The zero-order valence-corrected chi connectivity index (χ0v) is 18.5. The van der Waals surface area contributed by atoms with E-state index in [0.29, 0.717) is 11.3 Å². The van der Waals surface area contributed by atoms with Gasteiger partial charge in [-0.1, -0.05) is 42.5 Å². The highest BCUT2D eigenvalue weighted by molar-refractivity contribution is 7.86. The Bertz CT molecular complexity index is 1130. The molecule has 2 aromatic carbocycles. The monoisotopic (exact) mass is 470 g/mol. The second kappa shape index (κ2) is 9.45. The van der Waals surface area contributed by atoms with E-state index in [0.717, 1.165) is 10.5 Å². The highest BCUT2D eigenvalue weighted by Gasteiger charge is 2.57. The summed E-state index contributed by atoms with van der Waals surface area (Å²) in [5.41, 5.74) is 1.11. The smallest absolute Gasteiger partial charge is 0.358 e. The minimum Gasteiger partial charge on any atom is -0.509 e. The summed E-state index contributed by atoms with van der Waals surface area (Å²) in [5.74, 6) is -2.09. The Morgan fingerprint density at radius 2 is 1.82 bits per heavy atom. The van der Waals surface area contributed by atoms with Crippen LogP contribution in [0, 0.1) is 0 Å². The van der Waals surface area contributed by atoms with Gasteiger partial charge in [-0.05, 0) is 23.3 Å². The molecule has 4 rings (SSSR count). The maximum absolute atomic E-state index is 12.7.